The summed E-state index contributed by atoms with van der Waals surface area (Å²) in [5, 5.41) is 7.30. The molecule has 0 aliphatic carbocycles. The fraction of sp³-hybridized carbons (Fsp3) is 0.519. The molecule has 2 aromatic rings. The van der Waals surface area contributed by atoms with Crippen LogP contribution < -0.4 is 16.0 Å². The molecule has 1 aromatic heterocycles. The van der Waals surface area contributed by atoms with Crippen LogP contribution in [-0.4, -0.2) is 116 Å². The van der Waals surface area contributed by atoms with Crippen LogP contribution in [0.15, 0.2) is 48.9 Å². The van der Waals surface area contributed by atoms with E-state index in [1.807, 2.05) is 42.2 Å². The Balaban J connectivity index is 1.51. The van der Waals surface area contributed by atoms with Gasteiger partial charge in [0.05, 0.1) is 18.7 Å². The summed E-state index contributed by atoms with van der Waals surface area (Å²) in [6, 6.07) is 8.35. The first-order chi connectivity index (χ1) is 22.8. The van der Waals surface area contributed by atoms with E-state index in [0.29, 0.717) is 38.9 Å². The van der Waals surface area contributed by atoms with Crippen molar-refractivity contribution in [3.8, 4) is 0 Å². The first kappa shape index (κ1) is 39.2. The topological polar surface area (TPSA) is 259 Å². The Bertz CT molecular complexity index is 1390. The number of benzene rings is 1. The summed E-state index contributed by atoms with van der Waals surface area (Å²) in [6.07, 6.45) is 4.56. The van der Waals surface area contributed by atoms with Gasteiger partial charge in [-0.2, -0.15) is 0 Å². The van der Waals surface area contributed by atoms with E-state index in [4.69, 9.17) is 33.6 Å². The number of aromatic nitrogens is 2. The van der Waals surface area contributed by atoms with E-state index in [0.717, 1.165) is 5.56 Å². The highest BCUT2D eigenvalue weighted by molar-refractivity contribution is 7.70. The Morgan fingerprint density at radius 1 is 1.00 bits per heavy atom. The smallest absolute Gasteiger partial charge is 0.449 e. The maximum Gasteiger partial charge on any atom is 0.480 e. The van der Waals surface area contributed by atoms with Gasteiger partial charge in [-0.25, -0.2) is 9.78 Å². The van der Waals surface area contributed by atoms with Crippen molar-refractivity contribution in [2.75, 3.05) is 39.5 Å². The second kappa shape index (κ2) is 19.1. The molecule has 0 radical (unpaired) electrons. The third-order valence-electron chi connectivity index (χ3n) is 7.07. The summed E-state index contributed by atoms with van der Waals surface area (Å²) in [4.78, 5) is 84.7. The molecule has 3 rings (SSSR count). The molecule has 3 amide bonds. The molecular formula is C27H41BN6O12P2. The molecule has 7 N–H and O–H groups in total. The number of rotatable bonds is 16. The molecule has 2 heterocycles. The monoisotopic (exact) mass is 714 g/mol. The second-order valence-corrected chi connectivity index (χ2v) is 14.6. The fourth-order valence-electron chi connectivity index (χ4n) is 4.75. The van der Waals surface area contributed by atoms with Gasteiger partial charge in [0.25, 0.3) is 5.91 Å². The van der Waals surface area contributed by atoms with Crippen molar-refractivity contribution in [1.82, 2.24) is 30.8 Å². The van der Waals surface area contributed by atoms with Crippen LogP contribution in [0.5, 0.6) is 0 Å². The lowest BCUT2D eigenvalue weighted by atomic mass is 9.75. The van der Waals surface area contributed by atoms with Gasteiger partial charge in [-0.15, -0.1) is 0 Å². The van der Waals surface area contributed by atoms with Gasteiger partial charge >= 0.3 is 28.4 Å². The number of nitrogens with one attached hydrogen (secondary N) is 3. The van der Waals surface area contributed by atoms with Crippen LogP contribution in [0, 0.1) is 0 Å². The Morgan fingerprint density at radius 2 is 1.67 bits per heavy atom. The lowest BCUT2D eigenvalue weighted by Gasteiger charge is -2.31. The molecule has 0 saturated carbocycles. The predicted molar refractivity (Wildman–Crippen MR) is 171 cm³/mol. The van der Waals surface area contributed by atoms with Crippen LogP contribution in [0.2, 0.25) is 0 Å². The van der Waals surface area contributed by atoms with Crippen molar-refractivity contribution >= 4 is 40.2 Å². The summed E-state index contributed by atoms with van der Waals surface area (Å²) < 4.78 is 39.5. The Labute approximate surface area is 277 Å². The average Bonchev–Trinajstić information content (AvgIpc) is 3.02. The van der Waals surface area contributed by atoms with Crippen LogP contribution in [0.25, 0.3) is 0 Å². The van der Waals surface area contributed by atoms with Crippen molar-refractivity contribution in [3.05, 3.63) is 60.2 Å². The van der Waals surface area contributed by atoms with Gasteiger partial charge in [-0.05, 0) is 18.4 Å². The molecule has 1 fully saturated rings. The van der Waals surface area contributed by atoms with Gasteiger partial charge in [-0.3, -0.25) is 33.9 Å². The van der Waals surface area contributed by atoms with E-state index in [-0.39, 0.29) is 31.9 Å². The zero-order chi connectivity index (χ0) is 35.2. The first-order valence-electron chi connectivity index (χ1n) is 15.2. The first-order valence-corrected chi connectivity index (χ1v) is 18.5. The van der Waals surface area contributed by atoms with Crippen LogP contribution >= 0.6 is 15.2 Å². The number of carbonyl (C=O) groups excluding carboxylic acids is 3. The van der Waals surface area contributed by atoms with E-state index in [2.05, 4.69) is 20.6 Å². The number of carbonyl (C=O) groups is 3. The summed E-state index contributed by atoms with van der Waals surface area (Å²) in [5.74, 6) is -1.47. The molecule has 0 spiro atoms. The molecule has 21 heteroatoms. The van der Waals surface area contributed by atoms with Gasteiger partial charge < -0.3 is 44.3 Å². The van der Waals surface area contributed by atoms with Gasteiger partial charge in [-0.1, -0.05) is 43.7 Å². The van der Waals surface area contributed by atoms with Gasteiger partial charge in [0.2, 0.25) is 11.4 Å². The zero-order valence-corrected chi connectivity index (χ0v) is 28.1. The molecule has 48 heavy (non-hydrogen) atoms. The number of ether oxygens (including phenoxy) is 1. The molecule has 1 aliphatic rings. The Kier molecular flexibility index (Phi) is 15.6. The Hall–Kier alpha value is -3.25. The summed E-state index contributed by atoms with van der Waals surface area (Å²) >= 11 is 0. The van der Waals surface area contributed by atoms with E-state index >= 15 is 0 Å². The standard InChI is InChI=1S/C27H41BN6O12P2/c1-2-7-23(32-24(35)21(18-20-8-4-3-5-9-20)31-25(36)22-19-29-10-11-30-22)28-45-16-13-34(14-17-46-28)12-6-15-44-26(37)33-27(47(38,39)40)48(41,42)43/h3-5,8-11,19,21,23,27H,2,6-7,12-18H2,1H3,(H,31,36)(H,32,35)(H,33,37)(H2,38,39,40)(H2,41,42,43)/t21-,23+/m1/s1. The van der Waals surface area contributed by atoms with Crippen molar-refractivity contribution in [3.63, 3.8) is 0 Å². The van der Waals surface area contributed by atoms with Gasteiger partial charge in [0, 0.05) is 51.7 Å². The molecule has 18 nitrogen and oxygen atoms in total. The Morgan fingerprint density at radius 3 is 2.25 bits per heavy atom. The minimum absolute atomic E-state index is 0.0768. The maximum atomic E-state index is 13.6. The van der Waals surface area contributed by atoms with Crippen molar-refractivity contribution in [2.24, 2.45) is 0 Å². The third-order valence-corrected chi connectivity index (χ3v) is 10.4. The van der Waals surface area contributed by atoms with E-state index in [9.17, 15) is 23.5 Å². The minimum Gasteiger partial charge on any atom is -0.449 e. The highest BCUT2D eigenvalue weighted by Crippen LogP contribution is 2.58. The lowest BCUT2D eigenvalue weighted by Crippen LogP contribution is -2.57. The number of amides is 3. The maximum absolute atomic E-state index is 13.6. The number of hydrogen-bond acceptors (Lipinski definition) is 11. The fourth-order valence-corrected chi connectivity index (χ4v) is 6.87. The van der Waals surface area contributed by atoms with Crippen molar-refractivity contribution in [2.45, 2.75) is 50.1 Å². The molecule has 0 bridgehead atoms. The number of nitrogens with zero attached hydrogens (tertiary/aromatic N) is 3. The molecule has 264 valence electrons. The van der Waals surface area contributed by atoms with Crippen LogP contribution in [0.1, 0.15) is 42.2 Å². The highest BCUT2D eigenvalue weighted by Gasteiger charge is 2.45. The lowest BCUT2D eigenvalue weighted by molar-refractivity contribution is -0.123. The van der Waals surface area contributed by atoms with Gasteiger partial charge in [0.15, 0.2) is 0 Å². The number of hydrogen-bond donors (Lipinski definition) is 7. The van der Waals surface area contributed by atoms with Crippen molar-refractivity contribution < 1.29 is 57.1 Å². The predicted octanol–water partition coefficient (Wildman–Crippen LogP) is 0.234. The van der Waals surface area contributed by atoms with Gasteiger partial charge in [0.1, 0.15) is 11.7 Å². The molecule has 0 unspecified atom stereocenters. The number of alkyl carbamates (subject to hydrolysis) is 1. The van der Waals surface area contributed by atoms with Crippen LogP contribution in [0.3, 0.4) is 0 Å². The largest absolute Gasteiger partial charge is 0.480 e. The average molecular weight is 714 g/mol. The molecule has 1 saturated heterocycles. The second-order valence-electron chi connectivity index (χ2n) is 10.8. The molecule has 2 atom stereocenters. The SMILES string of the molecule is CCC[C@H](NC(=O)[C@@H](Cc1ccccc1)NC(=O)c1cnccn1)B1OCCN(CCCOC(=O)NC(P(=O)(O)O)P(=O)(O)O)CCO1. The van der Waals surface area contributed by atoms with E-state index in [1.54, 1.807) is 0 Å². The molecule has 1 aromatic carbocycles. The van der Waals surface area contributed by atoms with Crippen molar-refractivity contribution in [1.29, 1.82) is 0 Å². The molecular weight excluding hydrogens is 673 g/mol. The minimum atomic E-state index is -5.34. The third kappa shape index (κ3) is 13.3. The van der Waals surface area contributed by atoms with Crippen LogP contribution in [-0.2, 0) is 34.4 Å². The zero-order valence-electron chi connectivity index (χ0n) is 26.3. The summed E-state index contributed by atoms with van der Waals surface area (Å²) in [7, 11) is -11.4. The quantitative estimate of drug-likeness (QED) is 0.0698. The van der Waals surface area contributed by atoms with Crippen LogP contribution in [0.4, 0.5) is 4.79 Å². The summed E-state index contributed by atoms with van der Waals surface area (Å²) in [6.45, 7) is 3.62. The van der Waals surface area contributed by atoms with E-state index < -0.39 is 57.7 Å². The van der Waals surface area contributed by atoms with E-state index in [1.165, 1.54) is 23.9 Å². The summed E-state index contributed by atoms with van der Waals surface area (Å²) in [5.41, 5.74) is -1.78. The highest BCUT2D eigenvalue weighted by atomic mass is 31.2. The molecule has 1 aliphatic heterocycles. The normalized spacial score (nSPS) is 15.9.